The molecule has 4 nitrogen and oxygen atoms in total. The molecule has 18 heavy (non-hydrogen) atoms. The minimum atomic E-state index is -0.900. The van der Waals surface area contributed by atoms with Gasteiger partial charge >= 0.3 is 5.97 Å². The minimum Gasteiger partial charge on any atom is -0.478 e. The number of nitrogens with zero attached hydrogens (tertiary/aromatic N) is 1. The minimum absolute atomic E-state index is 0.196. The fourth-order valence-corrected chi connectivity index (χ4v) is 1.78. The molecule has 0 saturated heterocycles. The molecule has 0 aliphatic heterocycles. The van der Waals surface area contributed by atoms with Crippen molar-refractivity contribution in [3.8, 4) is 0 Å². The zero-order valence-electron chi connectivity index (χ0n) is 11.0. The van der Waals surface area contributed by atoms with E-state index in [1.807, 2.05) is 12.1 Å². The molecule has 1 aromatic carbocycles. The van der Waals surface area contributed by atoms with Crippen LogP contribution in [0.1, 0.15) is 36.2 Å². The third-order valence-corrected chi connectivity index (χ3v) is 2.92. The van der Waals surface area contributed by atoms with Crippen LogP contribution in [0.3, 0.4) is 0 Å². The van der Waals surface area contributed by atoms with Gasteiger partial charge in [0.15, 0.2) is 0 Å². The van der Waals surface area contributed by atoms with Crippen LogP contribution in [0.2, 0.25) is 0 Å². The third kappa shape index (κ3) is 4.47. The molecule has 0 spiro atoms. The molecule has 0 aromatic heterocycles. The standard InChI is InChI=1S/C14H21NO3/c1-11(2)15(8-3-9-16)10-12-4-6-13(7-5-12)14(17)18/h4-7,11,16H,3,8-10H2,1-2H3,(H,17,18). The van der Waals surface area contributed by atoms with Gasteiger partial charge in [-0.2, -0.15) is 0 Å². The number of aliphatic hydroxyl groups excluding tert-OH is 1. The topological polar surface area (TPSA) is 60.8 Å². The van der Waals surface area contributed by atoms with E-state index < -0.39 is 5.97 Å². The van der Waals surface area contributed by atoms with Gasteiger partial charge in [0, 0.05) is 25.7 Å². The number of aliphatic hydroxyl groups is 1. The van der Waals surface area contributed by atoms with Gasteiger partial charge in [-0.25, -0.2) is 4.79 Å². The van der Waals surface area contributed by atoms with Crippen molar-refractivity contribution in [1.82, 2.24) is 4.90 Å². The van der Waals surface area contributed by atoms with Gasteiger partial charge in [0.25, 0.3) is 0 Å². The molecule has 0 heterocycles. The molecule has 0 aliphatic carbocycles. The van der Waals surface area contributed by atoms with Gasteiger partial charge in [0.2, 0.25) is 0 Å². The highest BCUT2D eigenvalue weighted by atomic mass is 16.4. The van der Waals surface area contributed by atoms with Crippen LogP contribution in [0.4, 0.5) is 0 Å². The van der Waals surface area contributed by atoms with Crippen molar-refractivity contribution in [1.29, 1.82) is 0 Å². The number of carbonyl (C=O) groups is 1. The van der Waals surface area contributed by atoms with Crippen molar-refractivity contribution < 1.29 is 15.0 Å². The van der Waals surface area contributed by atoms with Gasteiger partial charge in [-0.1, -0.05) is 12.1 Å². The lowest BCUT2D eigenvalue weighted by Crippen LogP contribution is -2.31. The first-order valence-corrected chi connectivity index (χ1v) is 6.21. The lowest BCUT2D eigenvalue weighted by molar-refractivity contribution is 0.0697. The van der Waals surface area contributed by atoms with Crippen LogP contribution in [0, 0.1) is 0 Å². The van der Waals surface area contributed by atoms with Crippen LogP contribution in [-0.2, 0) is 6.54 Å². The van der Waals surface area contributed by atoms with Crippen molar-refractivity contribution in [3.05, 3.63) is 35.4 Å². The number of aromatic carboxylic acids is 1. The number of benzene rings is 1. The summed E-state index contributed by atoms with van der Waals surface area (Å²) < 4.78 is 0. The monoisotopic (exact) mass is 251 g/mol. The Hall–Kier alpha value is -1.39. The molecule has 1 rings (SSSR count). The summed E-state index contributed by atoms with van der Waals surface area (Å²) in [6.07, 6.45) is 0.755. The molecule has 0 unspecified atom stereocenters. The van der Waals surface area contributed by atoms with Crippen LogP contribution >= 0.6 is 0 Å². The van der Waals surface area contributed by atoms with Crippen molar-refractivity contribution in [3.63, 3.8) is 0 Å². The molecule has 0 amide bonds. The fraction of sp³-hybridized carbons (Fsp3) is 0.500. The summed E-state index contributed by atoms with van der Waals surface area (Å²) >= 11 is 0. The summed E-state index contributed by atoms with van der Waals surface area (Å²) in [6.45, 7) is 6.04. The maximum absolute atomic E-state index is 10.7. The predicted octanol–water partition coefficient (Wildman–Crippen LogP) is 1.98. The molecular formula is C14H21NO3. The first kappa shape index (κ1) is 14.7. The Morgan fingerprint density at radius 3 is 2.33 bits per heavy atom. The zero-order chi connectivity index (χ0) is 13.5. The summed E-state index contributed by atoms with van der Waals surface area (Å²) in [5, 5.41) is 17.7. The van der Waals surface area contributed by atoms with Gasteiger partial charge in [-0.15, -0.1) is 0 Å². The second kappa shape index (κ2) is 7.13. The van der Waals surface area contributed by atoms with E-state index >= 15 is 0 Å². The zero-order valence-corrected chi connectivity index (χ0v) is 11.0. The Morgan fingerprint density at radius 2 is 1.89 bits per heavy atom. The van der Waals surface area contributed by atoms with E-state index in [9.17, 15) is 4.79 Å². The van der Waals surface area contributed by atoms with E-state index in [1.54, 1.807) is 12.1 Å². The Balaban J connectivity index is 2.65. The third-order valence-electron chi connectivity index (χ3n) is 2.92. The lowest BCUT2D eigenvalue weighted by Gasteiger charge is -2.26. The normalized spacial score (nSPS) is 11.2. The van der Waals surface area contributed by atoms with Gasteiger partial charge in [-0.3, -0.25) is 4.90 Å². The number of carboxylic acid groups (broad SMARTS) is 1. The summed E-state index contributed by atoms with van der Waals surface area (Å²) in [7, 11) is 0. The van der Waals surface area contributed by atoms with Crippen molar-refractivity contribution in [2.45, 2.75) is 32.9 Å². The van der Waals surface area contributed by atoms with Crippen molar-refractivity contribution >= 4 is 5.97 Å². The number of rotatable bonds is 7. The molecule has 0 bridgehead atoms. The Morgan fingerprint density at radius 1 is 1.28 bits per heavy atom. The molecule has 0 aliphatic rings. The molecule has 1 aromatic rings. The second-order valence-corrected chi connectivity index (χ2v) is 4.64. The highest BCUT2D eigenvalue weighted by molar-refractivity contribution is 5.87. The van der Waals surface area contributed by atoms with Gasteiger partial charge in [-0.05, 0) is 38.0 Å². The van der Waals surface area contributed by atoms with Crippen LogP contribution < -0.4 is 0 Å². The summed E-state index contributed by atoms with van der Waals surface area (Å²) in [5.41, 5.74) is 1.40. The van der Waals surface area contributed by atoms with Crippen LogP contribution in [0.15, 0.2) is 24.3 Å². The smallest absolute Gasteiger partial charge is 0.335 e. The highest BCUT2D eigenvalue weighted by Gasteiger charge is 2.10. The van der Waals surface area contributed by atoms with Crippen molar-refractivity contribution in [2.24, 2.45) is 0 Å². The average Bonchev–Trinajstić information content (AvgIpc) is 2.34. The van der Waals surface area contributed by atoms with E-state index in [1.165, 1.54) is 0 Å². The van der Waals surface area contributed by atoms with Crippen LogP contribution in [-0.4, -0.2) is 40.3 Å². The molecule has 2 N–H and O–H groups in total. The van der Waals surface area contributed by atoms with Gasteiger partial charge in [0.1, 0.15) is 0 Å². The number of hydrogen-bond acceptors (Lipinski definition) is 3. The number of hydrogen-bond donors (Lipinski definition) is 2. The van der Waals surface area contributed by atoms with E-state index in [0.29, 0.717) is 11.6 Å². The molecular weight excluding hydrogens is 230 g/mol. The molecule has 0 fully saturated rings. The fourth-order valence-electron chi connectivity index (χ4n) is 1.78. The van der Waals surface area contributed by atoms with Gasteiger partial charge in [0.05, 0.1) is 5.56 Å². The van der Waals surface area contributed by atoms with Crippen LogP contribution in [0.5, 0.6) is 0 Å². The Kier molecular flexibility index (Phi) is 5.82. The summed E-state index contributed by atoms with van der Waals surface area (Å²) in [4.78, 5) is 13.0. The maximum Gasteiger partial charge on any atom is 0.335 e. The highest BCUT2D eigenvalue weighted by Crippen LogP contribution is 2.10. The van der Waals surface area contributed by atoms with E-state index in [4.69, 9.17) is 10.2 Å². The van der Waals surface area contributed by atoms with Crippen LogP contribution in [0.25, 0.3) is 0 Å². The molecule has 0 radical (unpaired) electrons. The van der Waals surface area contributed by atoms with E-state index in [-0.39, 0.29) is 6.61 Å². The van der Waals surface area contributed by atoms with Gasteiger partial charge < -0.3 is 10.2 Å². The molecule has 0 atom stereocenters. The maximum atomic E-state index is 10.7. The van der Waals surface area contributed by atoms with Crippen molar-refractivity contribution in [2.75, 3.05) is 13.2 Å². The van der Waals surface area contributed by atoms with E-state index in [0.717, 1.165) is 25.1 Å². The molecule has 0 saturated carbocycles. The molecule has 4 heteroatoms. The second-order valence-electron chi connectivity index (χ2n) is 4.64. The lowest BCUT2D eigenvalue weighted by atomic mass is 10.1. The SMILES string of the molecule is CC(C)N(CCCO)Cc1ccc(C(=O)O)cc1. The Labute approximate surface area is 108 Å². The summed E-state index contributed by atoms with van der Waals surface area (Å²) in [5.74, 6) is -0.900. The number of carboxylic acids is 1. The first-order chi connectivity index (χ1) is 8.54. The van der Waals surface area contributed by atoms with E-state index in [2.05, 4.69) is 18.7 Å². The average molecular weight is 251 g/mol. The Bertz CT molecular complexity index is 373. The largest absolute Gasteiger partial charge is 0.478 e. The predicted molar refractivity (Wildman–Crippen MR) is 70.7 cm³/mol. The quantitative estimate of drug-likeness (QED) is 0.778. The first-order valence-electron chi connectivity index (χ1n) is 6.21. The molecule has 100 valence electrons. The summed E-state index contributed by atoms with van der Waals surface area (Å²) in [6, 6.07) is 7.34.